The highest BCUT2D eigenvalue weighted by molar-refractivity contribution is 6.00. The summed E-state index contributed by atoms with van der Waals surface area (Å²) in [7, 11) is 0. The lowest BCUT2D eigenvalue weighted by atomic mass is 9.89. The first kappa shape index (κ1) is 24.5. The number of likely N-dealkylation sites (tertiary alicyclic amines) is 1. The van der Waals surface area contributed by atoms with Gasteiger partial charge in [0.1, 0.15) is 5.82 Å². The highest BCUT2D eigenvalue weighted by Gasteiger charge is 2.34. The Labute approximate surface area is 198 Å². The zero-order valence-electron chi connectivity index (χ0n) is 18.7. The van der Waals surface area contributed by atoms with Gasteiger partial charge in [0.05, 0.1) is 17.2 Å². The number of nitrogens with zero attached hydrogens (tertiary/aromatic N) is 4. The Morgan fingerprint density at radius 3 is 2.49 bits per heavy atom. The average Bonchev–Trinajstić information content (AvgIpc) is 2.84. The molecular weight excluding hydrogens is 469 g/mol. The molecule has 35 heavy (non-hydrogen) atoms. The fraction of sp³-hybridized carbons (Fsp3) is 0.333. The molecule has 0 radical (unpaired) electrons. The summed E-state index contributed by atoms with van der Waals surface area (Å²) in [6.07, 6.45) is 0.654. The van der Waals surface area contributed by atoms with Crippen LogP contribution in [0.15, 0.2) is 48.9 Å². The lowest BCUT2D eigenvalue weighted by Gasteiger charge is -2.40. The predicted molar refractivity (Wildman–Crippen MR) is 118 cm³/mol. The first-order valence-electron chi connectivity index (χ1n) is 11.0. The number of anilines is 1. The Morgan fingerprint density at radius 1 is 1.11 bits per heavy atom. The second-order valence-electron chi connectivity index (χ2n) is 8.38. The Morgan fingerprint density at radius 2 is 1.83 bits per heavy atom. The van der Waals surface area contributed by atoms with E-state index in [-0.39, 0.29) is 41.3 Å². The molecule has 184 valence electrons. The van der Waals surface area contributed by atoms with E-state index >= 15 is 0 Å². The highest BCUT2D eigenvalue weighted by Crippen LogP contribution is 2.31. The van der Waals surface area contributed by atoms with Gasteiger partial charge in [0.2, 0.25) is 0 Å². The SMILES string of the molecule is C[C@@H]1CCCN(C(=O)c2cc(F)c(F)cc2-c2ncccn2)C1CNc1ccc(C(F)(F)F)cn1. The van der Waals surface area contributed by atoms with Crippen molar-refractivity contribution in [3.8, 4) is 11.4 Å². The summed E-state index contributed by atoms with van der Waals surface area (Å²) in [5, 5.41) is 3.00. The molecule has 1 aromatic carbocycles. The van der Waals surface area contributed by atoms with Gasteiger partial charge in [0.15, 0.2) is 17.5 Å². The van der Waals surface area contributed by atoms with E-state index in [0.29, 0.717) is 13.0 Å². The molecule has 1 saturated heterocycles. The molecule has 0 saturated carbocycles. The fourth-order valence-corrected chi connectivity index (χ4v) is 4.19. The van der Waals surface area contributed by atoms with Crippen molar-refractivity contribution in [2.45, 2.75) is 32.0 Å². The normalized spacial score (nSPS) is 18.4. The van der Waals surface area contributed by atoms with Crippen molar-refractivity contribution in [1.29, 1.82) is 0 Å². The summed E-state index contributed by atoms with van der Waals surface area (Å²) in [5.74, 6) is -2.44. The molecule has 1 fully saturated rings. The lowest BCUT2D eigenvalue weighted by molar-refractivity contribution is -0.137. The van der Waals surface area contributed by atoms with Crippen LogP contribution in [0.25, 0.3) is 11.4 Å². The predicted octanol–water partition coefficient (Wildman–Crippen LogP) is 5.19. The number of alkyl halides is 3. The average molecular weight is 491 g/mol. The van der Waals surface area contributed by atoms with E-state index < -0.39 is 29.3 Å². The van der Waals surface area contributed by atoms with E-state index in [4.69, 9.17) is 0 Å². The summed E-state index contributed by atoms with van der Waals surface area (Å²) in [6.45, 7) is 2.55. The van der Waals surface area contributed by atoms with Crippen LogP contribution >= 0.6 is 0 Å². The minimum atomic E-state index is -4.49. The molecule has 3 heterocycles. The minimum absolute atomic E-state index is 0.0383. The molecule has 2 aromatic heterocycles. The monoisotopic (exact) mass is 491 g/mol. The van der Waals surface area contributed by atoms with E-state index in [2.05, 4.69) is 20.3 Å². The molecule has 11 heteroatoms. The van der Waals surface area contributed by atoms with Gasteiger partial charge in [-0.2, -0.15) is 13.2 Å². The number of nitrogens with one attached hydrogen (secondary N) is 1. The Balaban J connectivity index is 1.60. The van der Waals surface area contributed by atoms with Crippen LogP contribution in [0, 0.1) is 17.6 Å². The van der Waals surface area contributed by atoms with E-state index in [1.54, 1.807) is 11.0 Å². The summed E-state index contributed by atoms with van der Waals surface area (Å²) < 4.78 is 66.6. The van der Waals surface area contributed by atoms with Crippen molar-refractivity contribution in [2.75, 3.05) is 18.4 Å². The number of piperidine rings is 1. The number of rotatable bonds is 5. The van der Waals surface area contributed by atoms with Crippen LogP contribution < -0.4 is 5.32 Å². The molecule has 1 N–H and O–H groups in total. The van der Waals surface area contributed by atoms with Crippen LogP contribution in [0.4, 0.5) is 27.8 Å². The van der Waals surface area contributed by atoms with Gasteiger partial charge in [-0.1, -0.05) is 6.92 Å². The van der Waals surface area contributed by atoms with Gasteiger partial charge in [-0.05, 0) is 49.1 Å². The molecule has 1 aliphatic rings. The number of halogens is 5. The van der Waals surface area contributed by atoms with Crippen molar-refractivity contribution in [3.63, 3.8) is 0 Å². The second kappa shape index (κ2) is 9.93. The number of hydrogen-bond donors (Lipinski definition) is 1. The molecular formula is C24H22F5N5O. The van der Waals surface area contributed by atoms with Crippen LogP contribution in [0.5, 0.6) is 0 Å². The maximum Gasteiger partial charge on any atom is 0.417 e. The van der Waals surface area contributed by atoms with Crippen LogP contribution in [0.2, 0.25) is 0 Å². The molecule has 0 bridgehead atoms. The fourth-order valence-electron chi connectivity index (χ4n) is 4.19. The number of amides is 1. The standard InChI is InChI=1S/C24H22F5N5O/c1-14-4-2-9-34(20(14)13-33-21-6-5-15(12-32-21)24(27,28)29)23(35)17-11-19(26)18(25)10-16(17)22-30-7-3-8-31-22/h3,5-8,10-12,14,20H,2,4,9,13H2,1H3,(H,32,33)/t14-,20?/m1/s1. The Bertz CT molecular complexity index is 1190. The van der Waals surface area contributed by atoms with Crippen molar-refractivity contribution in [1.82, 2.24) is 19.9 Å². The van der Waals surface area contributed by atoms with Gasteiger partial charge in [0, 0.05) is 37.2 Å². The summed E-state index contributed by atoms with van der Waals surface area (Å²) in [5.41, 5.74) is -0.856. The number of carbonyl (C=O) groups is 1. The third kappa shape index (κ3) is 5.39. The highest BCUT2D eigenvalue weighted by atomic mass is 19.4. The summed E-state index contributed by atoms with van der Waals surface area (Å²) >= 11 is 0. The quantitative estimate of drug-likeness (QED) is 0.498. The number of pyridine rings is 1. The second-order valence-corrected chi connectivity index (χ2v) is 8.38. The van der Waals surface area contributed by atoms with Crippen LogP contribution in [-0.4, -0.2) is 44.9 Å². The van der Waals surface area contributed by atoms with Crippen LogP contribution in [0.3, 0.4) is 0 Å². The lowest BCUT2D eigenvalue weighted by Crippen LogP contribution is -2.51. The van der Waals surface area contributed by atoms with E-state index in [0.717, 1.165) is 30.8 Å². The van der Waals surface area contributed by atoms with Gasteiger partial charge in [-0.15, -0.1) is 0 Å². The largest absolute Gasteiger partial charge is 0.417 e. The van der Waals surface area contributed by atoms with Crippen molar-refractivity contribution in [2.24, 2.45) is 5.92 Å². The first-order valence-corrected chi connectivity index (χ1v) is 11.0. The minimum Gasteiger partial charge on any atom is -0.368 e. The summed E-state index contributed by atoms with van der Waals surface area (Å²) in [4.78, 5) is 27.1. The Kier molecular flexibility index (Phi) is 6.95. The van der Waals surface area contributed by atoms with Crippen molar-refractivity contribution >= 4 is 11.7 Å². The van der Waals surface area contributed by atoms with E-state index in [1.165, 1.54) is 18.5 Å². The topological polar surface area (TPSA) is 71.0 Å². The van der Waals surface area contributed by atoms with Gasteiger partial charge in [-0.3, -0.25) is 4.79 Å². The van der Waals surface area contributed by atoms with Gasteiger partial charge in [0.25, 0.3) is 5.91 Å². The Hall–Kier alpha value is -3.63. The molecule has 2 atom stereocenters. The van der Waals surface area contributed by atoms with Gasteiger partial charge >= 0.3 is 6.18 Å². The first-order chi connectivity index (χ1) is 16.6. The third-order valence-electron chi connectivity index (χ3n) is 6.06. The zero-order valence-corrected chi connectivity index (χ0v) is 18.7. The molecule has 0 spiro atoms. The maximum atomic E-state index is 14.2. The van der Waals surface area contributed by atoms with E-state index in [1.807, 2.05) is 6.92 Å². The molecule has 3 aromatic rings. The van der Waals surface area contributed by atoms with Gasteiger partial charge in [-0.25, -0.2) is 23.7 Å². The number of carbonyl (C=O) groups excluding carboxylic acids is 1. The number of hydrogen-bond acceptors (Lipinski definition) is 5. The molecule has 1 aliphatic heterocycles. The van der Waals surface area contributed by atoms with Crippen LogP contribution in [-0.2, 0) is 6.18 Å². The molecule has 0 aliphatic carbocycles. The van der Waals surface area contributed by atoms with Crippen molar-refractivity contribution in [3.05, 3.63) is 71.7 Å². The number of aromatic nitrogens is 3. The summed E-state index contributed by atoms with van der Waals surface area (Å²) in [6, 6.07) is 5.11. The van der Waals surface area contributed by atoms with Crippen molar-refractivity contribution < 1.29 is 26.7 Å². The molecule has 1 unspecified atom stereocenters. The van der Waals surface area contributed by atoms with Gasteiger partial charge < -0.3 is 10.2 Å². The molecule has 6 nitrogen and oxygen atoms in total. The van der Waals surface area contributed by atoms with E-state index in [9.17, 15) is 26.7 Å². The smallest absolute Gasteiger partial charge is 0.368 e. The number of benzene rings is 1. The third-order valence-corrected chi connectivity index (χ3v) is 6.06. The van der Waals surface area contributed by atoms with Crippen LogP contribution in [0.1, 0.15) is 35.7 Å². The zero-order chi connectivity index (χ0) is 25.2. The molecule has 4 rings (SSSR count). The maximum absolute atomic E-state index is 14.2. The molecule has 1 amide bonds.